The van der Waals surface area contributed by atoms with Crippen molar-refractivity contribution < 1.29 is 19.0 Å². The van der Waals surface area contributed by atoms with E-state index < -0.39 is 0 Å². The Balaban J connectivity index is 1.62. The summed E-state index contributed by atoms with van der Waals surface area (Å²) in [5.41, 5.74) is 2.68. The maximum Gasteiger partial charge on any atom is 0.185 e. The van der Waals surface area contributed by atoms with Gasteiger partial charge in [-0.15, -0.1) is 0 Å². The number of carbonyl (C=O) groups excluding carboxylic acids is 1. The highest BCUT2D eigenvalue weighted by molar-refractivity contribution is 6.07. The zero-order chi connectivity index (χ0) is 21.3. The molecule has 0 bridgehead atoms. The third-order valence-corrected chi connectivity index (χ3v) is 5.10. The van der Waals surface area contributed by atoms with E-state index in [0.29, 0.717) is 23.8 Å². The fourth-order valence-corrected chi connectivity index (χ4v) is 3.24. The number of nitrogens with zero attached hydrogens (tertiary/aromatic N) is 1. The maximum absolute atomic E-state index is 12.6. The Labute approximate surface area is 179 Å². The van der Waals surface area contributed by atoms with E-state index >= 15 is 0 Å². The van der Waals surface area contributed by atoms with Crippen LogP contribution in [0.5, 0.6) is 11.5 Å². The molecule has 1 aliphatic rings. The van der Waals surface area contributed by atoms with Crippen molar-refractivity contribution in [3.63, 3.8) is 0 Å². The van der Waals surface area contributed by atoms with Gasteiger partial charge in [0.05, 0.1) is 26.9 Å². The van der Waals surface area contributed by atoms with E-state index in [1.807, 2.05) is 42.5 Å². The summed E-state index contributed by atoms with van der Waals surface area (Å²) in [6, 6.07) is 13.5. The molecule has 5 heteroatoms. The molecule has 3 rings (SSSR count). The fourth-order valence-electron chi connectivity index (χ4n) is 3.24. The molecule has 0 N–H and O–H groups in total. The number of ether oxygens (including phenoxy) is 3. The zero-order valence-corrected chi connectivity index (χ0v) is 18.1. The minimum Gasteiger partial charge on any atom is -0.493 e. The molecule has 5 nitrogen and oxygen atoms in total. The number of benzene rings is 2. The summed E-state index contributed by atoms with van der Waals surface area (Å²) in [5, 5.41) is 0. The lowest BCUT2D eigenvalue weighted by atomic mass is 10.1. The Kier molecular flexibility index (Phi) is 7.91. The Bertz CT molecular complexity index is 852. The largest absolute Gasteiger partial charge is 0.493 e. The number of methoxy groups -OCH3 is 1. The molecule has 0 amide bonds. The molecule has 0 spiro atoms. The van der Waals surface area contributed by atoms with Crippen LogP contribution in [0.3, 0.4) is 0 Å². The normalized spacial score (nSPS) is 14.3. The van der Waals surface area contributed by atoms with Crippen molar-refractivity contribution in [1.29, 1.82) is 0 Å². The van der Waals surface area contributed by atoms with Crippen LogP contribution >= 0.6 is 0 Å². The molecule has 1 saturated heterocycles. The number of rotatable bonds is 9. The molecule has 0 aromatic heterocycles. The van der Waals surface area contributed by atoms with Crippen molar-refractivity contribution in [3.8, 4) is 11.5 Å². The number of hydrogen-bond acceptors (Lipinski definition) is 5. The van der Waals surface area contributed by atoms with E-state index in [0.717, 1.165) is 49.7 Å². The zero-order valence-electron chi connectivity index (χ0n) is 18.1. The van der Waals surface area contributed by atoms with Crippen molar-refractivity contribution in [2.45, 2.75) is 20.3 Å². The second-order valence-electron chi connectivity index (χ2n) is 7.79. The Morgan fingerprint density at radius 1 is 1.10 bits per heavy atom. The molecule has 160 valence electrons. The lowest BCUT2D eigenvalue weighted by Gasteiger charge is -2.28. The summed E-state index contributed by atoms with van der Waals surface area (Å²) in [6.07, 6.45) is 4.39. The van der Waals surface area contributed by atoms with Crippen LogP contribution in [-0.2, 0) is 4.74 Å². The predicted octanol–water partition coefficient (Wildman–Crippen LogP) is 4.85. The molecule has 0 unspecified atom stereocenters. The SMILES string of the molecule is COc1cc(C=CC(=O)c2ccc(N3CCOCC3)cc2)ccc1OCCC(C)C. The highest BCUT2D eigenvalue weighted by Crippen LogP contribution is 2.29. The van der Waals surface area contributed by atoms with Crippen molar-refractivity contribution >= 4 is 17.5 Å². The molecule has 0 saturated carbocycles. The summed E-state index contributed by atoms with van der Waals surface area (Å²) in [5.74, 6) is 1.95. The van der Waals surface area contributed by atoms with E-state index in [2.05, 4.69) is 18.7 Å². The molecule has 0 aliphatic carbocycles. The molecule has 30 heavy (non-hydrogen) atoms. The van der Waals surface area contributed by atoms with Crippen LogP contribution in [0.4, 0.5) is 5.69 Å². The lowest BCUT2D eigenvalue weighted by Crippen LogP contribution is -2.36. The van der Waals surface area contributed by atoms with Gasteiger partial charge >= 0.3 is 0 Å². The average molecular weight is 410 g/mol. The highest BCUT2D eigenvalue weighted by atomic mass is 16.5. The monoisotopic (exact) mass is 409 g/mol. The van der Waals surface area contributed by atoms with Gasteiger partial charge in [0.25, 0.3) is 0 Å². The van der Waals surface area contributed by atoms with Crippen LogP contribution in [-0.4, -0.2) is 45.8 Å². The molecule has 0 radical (unpaired) electrons. The van der Waals surface area contributed by atoms with E-state index in [1.165, 1.54) is 0 Å². The van der Waals surface area contributed by atoms with Crippen molar-refractivity contribution in [1.82, 2.24) is 0 Å². The van der Waals surface area contributed by atoms with Gasteiger partial charge in [-0.05, 0) is 60.4 Å². The first-order valence-electron chi connectivity index (χ1n) is 10.5. The van der Waals surface area contributed by atoms with Gasteiger partial charge in [-0.3, -0.25) is 4.79 Å². The first-order chi connectivity index (χ1) is 14.6. The van der Waals surface area contributed by atoms with Gasteiger partial charge in [-0.25, -0.2) is 0 Å². The molecular weight excluding hydrogens is 378 g/mol. The summed E-state index contributed by atoms with van der Waals surface area (Å²) in [6.45, 7) is 8.24. The number of hydrogen-bond donors (Lipinski definition) is 0. The Morgan fingerprint density at radius 3 is 2.50 bits per heavy atom. The summed E-state index contributed by atoms with van der Waals surface area (Å²) in [7, 11) is 1.62. The van der Waals surface area contributed by atoms with Gasteiger partial charge in [0, 0.05) is 24.3 Å². The molecule has 2 aromatic carbocycles. The maximum atomic E-state index is 12.6. The van der Waals surface area contributed by atoms with E-state index in [4.69, 9.17) is 14.2 Å². The van der Waals surface area contributed by atoms with Gasteiger partial charge in [0.1, 0.15) is 0 Å². The van der Waals surface area contributed by atoms with Crippen LogP contribution in [0.1, 0.15) is 36.2 Å². The first-order valence-corrected chi connectivity index (χ1v) is 10.5. The molecule has 1 fully saturated rings. The van der Waals surface area contributed by atoms with Crippen molar-refractivity contribution in [2.24, 2.45) is 5.92 Å². The number of carbonyl (C=O) groups is 1. The molecular formula is C25H31NO4. The fraction of sp³-hybridized carbons (Fsp3) is 0.400. The number of morpholine rings is 1. The van der Waals surface area contributed by atoms with Crippen LogP contribution < -0.4 is 14.4 Å². The van der Waals surface area contributed by atoms with Crippen LogP contribution in [0.15, 0.2) is 48.5 Å². The number of allylic oxidation sites excluding steroid dienone is 1. The second kappa shape index (κ2) is 10.8. The molecule has 1 aliphatic heterocycles. The molecule has 0 atom stereocenters. The third-order valence-electron chi connectivity index (χ3n) is 5.10. The van der Waals surface area contributed by atoms with Crippen LogP contribution in [0, 0.1) is 5.92 Å². The first kappa shape index (κ1) is 21.9. The van der Waals surface area contributed by atoms with Gasteiger partial charge in [0.15, 0.2) is 17.3 Å². The van der Waals surface area contributed by atoms with Crippen LogP contribution in [0.2, 0.25) is 0 Å². The smallest absolute Gasteiger partial charge is 0.185 e. The highest BCUT2D eigenvalue weighted by Gasteiger charge is 2.12. The predicted molar refractivity (Wildman–Crippen MR) is 121 cm³/mol. The Hall–Kier alpha value is -2.79. The quantitative estimate of drug-likeness (QED) is 0.438. The Morgan fingerprint density at radius 2 is 1.83 bits per heavy atom. The lowest BCUT2D eigenvalue weighted by molar-refractivity contribution is 0.104. The van der Waals surface area contributed by atoms with Gasteiger partial charge in [-0.1, -0.05) is 26.0 Å². The second-order valence-corrected chi connectivity index (χ2v) is 7.79. The average Bonchev–Trinajstić information content (AvgIpc) is 2.78. The van der Waals surface area contributed by atoms with Gasteiger partial charge < -0.3 is 19.1 Å². The van der Waals surface area contributed by atoms with Crippen molar-refractivity contribution in [2.75, 3.05) is 44.9 Å². The standard InChI is InChI=1S/C25H31NO4/c1-19(2)12-15-30-24-11-5-20(18-25(24)28-3)4-10-23(27)21-6-8-22(9-7-21)26-13-16-29-17-14-26/h4-11,18-19H,12-17H2,1-3H3. The summed E-state index contributed by atoms with van der Waals surface area (Å²) < 4.78 is 16.7. The molecule has 1 heterocycles. The van der Waals surface area contributed by atoms with E-state index in [-0.39, 0.29) is 5.78 Å². The number of anilines is 1. The minimum atomic E-state index is -0.0280. The van der Waals surface area contributed by atoms with E-state index in [1.54, 1.807) is 19.3 Å². The third kappa shape index (κ3) is 6.10. The minimum absolute atomic E-state index is 0.0280. The summed E-state index contributed by atoms with van der Waals surface area (Å²) >= 11 is 0. The van der Waals surface area contributed by atoms with Gasteiger partial charge in [-0.2, -0.15) is 0 Å². The number of ketones is 1. The summed E-state index contributed by atoms with van der Waals surface area (Å²) in [4.78, 5) is 14.8. The van der Waals surface area contributed by atoms with Crippen molar-refractivity contribution in [3.05, 3.63) is 59.7 Å². The molecule has 2 aromatic rings. The van der Waals surface area contributed by atoms with Gasteiger partial charge in [0.2, 0.25) is 0 Å². The van der Waals surface area contributed by atoms with Crippen LogP contribution in [0.25, 0.3) is 6.08 Å². The van der Waals surface area contributed by atoms with E-state index in [9.17, 15) is 4.79 Å². The topological polar surface area (TPSA) is 48.0 Å².